The van der Waals surface area contributed by atoms with Crippen LogP contribution in [-0.4, -0.2) is 54.2 Å². The van der Waals surface area contributed by atoms with Gasteiger partial charge in [-0.25, -0.2) is 0 Å². The maximum atomic E-state index is 13.6. The first-order valence-electron chi connectivity index (χ1n) is 11.2. The van der Waals surface area contributed by atoms with Crippen molar-refractivity contribution < 1.29 is 14.3 Å². The van der Waals surface area contributed by atoms with Crippen molar-refractivity contribution in [1.82, 2.24) is 9.80 Å². The number of rotatable bonds is 9. The Morgan fingerprint density at radius 2 is 1.97 bits per heavy atom. The van der Waals surface area contributed by atoms with Crippen LogP contribution in [0.25, 0.3) is 0 Å². The van der Waals surface area contributed by atoms with Gasteiger partial charge in [-0.15, -0.1) is 22.9 Å². The van der Waals surface area contributed by atoms with E-state index >= 15 is 0 Å². The minimum absolute atomic E-state index is 0.0301. The summed E-state index contributed by atoms with van der Waals surface area (Å²) in [5.74, 6) is 0.910. The summed E-state index contributed by atoms with van der Waals surface area (Å²) in [6, 6.07) is 9.86. The van der Waals surface area contributed by atoms with Crippen molar-refractivity contribution in [1.29, 1.82) is 0 Å². The third-order valence-corrected chi connectivity index (χ3v) is 7.69. The quantitative estimate of drug-likeness (QED) is 0.472. The molecule has 1 aliphatic rings. The van der Waals surface area contributed by atoms with Crippen LogP contribution < -0.4 is 4.74 Å². The average molecular weight is 477 g/mol. The Kier molecular flexibility index (Phi) is 8.23. The molecule has 0 spiro atoms. The smallest absolute Gasteiger partial charge is 0.242 e. The molecule has 0 radical (unpaired) electrons. The molecule has 5 nitrogen and oxygen atoms in total. The predicted octanol–water partition coefficient (Wildman–Crippen LogP) is 5.12. The highest BCUT2D eigenvalue weighted by atomic mass is 35.5. The molecule has 2 aromatic rings. The van der Waals surface area contributed by atoms with Gasteiger partial charge in [0, 0.05) is 23.8 Å². The lowest BCUT2D eigenvalue weighted by atomic mass is 9.92. The van der Waals surface area contributed by atoms with Crippen molar-refractivity contribution in [3.05, 3.63) is 51.7 Å². The second kappa shape index (κ2) is 10.7. The zero-order valence-corrected chi connectivity index (χ0v) is 21.0. The average Bonchev–Trinajstić information content (AvgIpc) is 3.29. The van der Waals surface area contributed by atoms with Crippen LogP contribution in [0.3, 0.4) is 0 Å². The van der Waals surface area contributed by atoms with Gasteiger partial charge in [0.1, 0.15) is 5.75 Å². The summed E-state index contributed by atoms with van der Waals surface area (Å²) in [4.78, 5) is 31.7. The Bertz CT molecular complexity index is 926. The molecular formula is C25H33ClN2O3S. The topological polar surface area (TPSA) is 49.9 Å². The van der Waals surface area contributed by atoms with Gasteiger partial charge in [0.05, 0.1) is 25.1 Å². The van der Waals surface area contributed by atoms with Crippen LogP contribution in [0.5, 0.6) is 5.75 Å². The zero-order chi connectivity index (χ0) is 23.3. The second-order valence-electron chi connectivity index (χ2n) is 8.91. The van der Waals surface area contributed by atoms with Crippen LogP contribution in [0.15, 0.2) is 35.7 Å². The van der Waals surface area contributed by atoms with Crippen LogP contribution in [0.4, 0.5) is 0 Å². The number of carbonyl (C=O) groups is 2. The molecule has 0 saturated carbocycles. The Morgan fingerprint density at radius 3 is 2.59 bits per heavy atom. The molecule has 0 bridgehead atoms. The summed E-state index contributed by atoms with van der Waals surface area (Å²) >= 11 is 7.81. The van der Waals surface area contributed by atoms with E-state index in [0.29, 0.717) is 13.1 Å². The molecule has 0 aliphatic carbocycles. The van der Waals surface area contributed by atoms with Gasteiger partial charge >= 0.3 is 0 Å². The number of amides is 2. The van der Waals surface area contributed by atoms with Gasteiger partial charge in [-0.3, -0.25) is 9.59 Å². The molecule has 2 heterocycles. The van der Waals surface area contributed by atoms with Crippen molar-refractivity contribution in [2.45, 2.75) is 46.1 Å². The van der Waals surface area contributed by atoms with Gasteiger partial charge in [0.15, 0.2) is 0 Å². The number of ether oxygens (including phenoxy) is 1. The maximum absolute atomic E-state index is 13.6. The first-order valence-corrected chi connectivity index (χ1v) is 12.6. The summed E-state index contributed by atoms with van der Waals surface area (Å²) in [7, 11) is 1.65. The molecule has 32 heavy (non-hydrogen) atoms. The highest BCUT2D eigenvalue weighted by molar-refractivity contribution is 7.10. The summed E-state index contributed by atoms with van der Waals surface area (Å²) < 4.78 is 5.31. The minimum atomic E-state index is -0.701. The Labute approximate surface area is 200 Å². The highest BCUT2D eigenvalue weighted by Crippen LogP contribution is 2.38. The molecule has 1 aromatic heterocycles. The molecular weight excluding hydrogens is 444 g/mol. The largest absolute Gasteiger partial charge is 0.497 e. The highest BCUT2D eigenvalue weighted by Gasteiger charge is 2.36. The number of thiophene rings is 1. The van der Waals surface area contributed by atoms with Gasteiger partial charge in [-0.1, -0.05) is 25.5 Å². The van der Waals surface area contributed by atoms with Gasteiger partial charge in [0.25, 0.3) is 0 Å². The Hall–Kier alpha value is -2.05. The number of hydrogen-bond acceptors (Lipinski definition) is 4. The molecule has 1 atom stereocenters. The van der Waals surface area contributed by atoms with E-state index in [1.54, 1.807) is 23.3 Å². The van der Waals surface area contributed by atoms with Crippen molar-refractivity contribution in [2.75, 3.05) is 32.6 Å². The molecule has 1 aromatic carbocycles. The number of carbonyl (C=O) groups excluding carboxylic acids is 2. The number of benzene rings is 1. The number of halogens is 1. The second-order valence-corrected chi connectivity index (χ2v) is 10.2. The van der Waals surface area contributed by atoms with Gasteiger partial charge < -0.3 is 14.5 Å². The van der Waals surface area contributed by atoms with Crippen molar-refractivity contribution in [3.8, 4) is 5.75 Å². The number of alkyl halides is 1. The first kappa shape index (κ1) is 24.6. The van der Waals surface area contributed by atoms with Crippen LogP contribution in [0.2, 0.25) is 0 Å². The van der Waals surface area contributed by atoms with E-state index in [4.69, 9.17) is 16.3 Å². The van der Waals surface area contributed by atoms with Crippen molar-refractivity contribution >= 4 is 34.8 Å². The fourth-order valence-corrected chi connectivity index (χ4v) is 5.09. The van der Waals surface area contributed by atoms with E-state index in [9.17, 15) is 9.59 Å². The molecule has 2 amide bonds. The van der Waals surface area contributed by atoms with Gasteiger partial charge in [-0.2, -0.15) is 0 Å². The standard InChI is InChI=1S/C25H33ClN2O3S/c1-5-6-13-27(24(30)25(2,3)17-26)16-22(29)28-14-11-21-20(12-15-32-21)23(28)18-7-9-19(31-4)10-8-18/h7-10,12,15,23H,5-6,11,13-14,16-17H2,1-4H3. The van der Waals surface area contributed by atoms with E-state index in [2.05, 4.69) is 18.4 Å². The Balaban J connectivity index is 1.88. The number of methoxy groups -OCH3 is 1. The molecule has 0 fully saturated rings. The third-order valence-electron chi connectivity index (χ3n) is 6.03. The SMILES string of the molecule is CCCCN(CC(=O)N1CCc2sccc2C1c1ccc(OC)cc1)C(=O)C(C)(C)CCl. The first-order chi connectivity index (χ1) is 15.3. The summed E-state index contributed by atoms with van der Waals surface area (Å²) in [5.41, 5.74) is 1.52. The molecule has 3 rings (SSSR count). The molecule has 1 aliphatic heterocycles. The molecule has 174 valence electrons. The molecule has 0 N–H and O–H groups in total. The van der Waals surface area contributed by atoms with Crippen LogP contribution in [0.1, 0.15) is 55.7 Å². The van der Waals surface area contributed by atoms with Gasteiger partial charge in [0.2, 0.25) is 11.8 Å². The van der Waals surface area contributed by atoms with E-state index < -0.39 is 5.41 Å². The molecule has 7 heteroatoms. The fourth-order valence-electron chi connectivity index (χ4n) is 4.07. The van der Waals surface area contributed by atoms with E-state index in [1.807, 2.05) is 43.0 Å². The third kappa shape index (κ3) is 5.29. The van der Waals surface area contributed by atoms with E-state index in [-0.39, 0.29) is 30.3 Å². The van der Waals surface area contributed by atoms with E-state index in [1.165, 1.54) is 10.4 Å². The van der Waals surface area contributed by atoms with Gasteiger partial charge in [-0.05, 0) is 61.4 Å². The predicted molar refractivity (Wildman–Crippen MR) is 131 cm³/mol. The van der Waals surface area contributed by atoms with Crippen LogP contribution >= 0.6 is 22.9 Å². The number of hydrogen-bond donors (Lipinski definition) is 0. The summed E-state index contributed by atoms with van der Waals surface area (Å²) in [6.45, 7) is 7.03. The Morgan fingerprint density at radius 1 is 1.25 bits per heavy atom. The lowest BCUT2D eigenvalue weighted by Crippen LogP contribution is -2.50. The number of nitrogens with zero attached hydrogens (tertiary/aromatic N) is 2. The van der Waals surface area contributed by atoms with Crippen molar-refractivity contribution in [2.24, 2.45) is 5.41 Å². The normalized spacial score (nSPS) is 15.9. The summed E-state index contributed by atoms with van der Waals surface area (Å²) in [5, 5.41) is 2.09. The van der Waals surface area contributed by atoms with Crippen molar-refractivity contribution in [3.63, 3.8) is 0 Å². The monoisotopic (exact) mass is 476 g/mol. The maximum Gasteiger partial charge on any atom is 0.242 e. The zero-order valence-electron chi connectivity index (χ0n) is 19.4. The number of unbranched alkanes of at least 4 members (excludes halogenated alkanes) is 1. The summed E-state index contributed by atoms with van der Waals surface area (Å²) in [6.07, 6.45) is 2.64. The van der Waals surface area contributed by atoms with Crippen LogP contribution in [-0.2, 0) is 16.0 Å². The fraction of sp³-hybridized carbons (Fsp3) is 0.520. The van der Waals surface area contributed by atoms with Crippen LogP contribution in [0, 0.1) is 5.41 Å². The van der Waals surface area contributed by atoms with E-state index in [0.717, 1.165) is 30.6 Å². The molecule has 1 unspecified atom stereocenters. The molecule has 0 saturated heterocycles. The lowest BCUT2D eigenvalue weighted by Gasteiger charge is -2.38. The number of fused-ring (bicyclic) bond motifs is 1. The lowest BCUT2D eigenvalue weighted by molar-refractivity contribution is -0.146. The minimum Gasteiger partial charge on any atom is -0.497 e.